The van der Waals surface area contributed by atoms with Gasteiger partial charge in [-0.2, -0.15) is 5.10 Å². The first-order chi connectivity index (χ1) is 11.5. The van der Waals surface area contributed by atoms with Gasteiger partial charge in [-0.05, 0) is 37.8 Å². The van der Waals surface area contributed by atoms with Gasteiger partial charge < -0.3 is 10.4 Å². The molecule has 24 heavy (non-hydrogen) atoms. The van der Waals surface area contributed by atoms with Gasteiger partial charge in [0, 0.05) is 25.7 Å². The van der Waals surface area contributed by atoms with Gasteiger partial charge in [0.25, 0.3) is 0 Å². The topological polar surface area (TPSA) is 92.4 Å². The van der Waals surface area contributed by atoms with Crippen LogP contribution in [-0.4, -0.2) is 37.9 Å². The number of carbonyl (C=O) groups excluding carboxylic acids is 1. The summed E-state index contributed by atoms with van der Waals surface area (Å²) in [7, 11) is 1.87. The molecule has 0 aliphatic heterocycles. The summed E-state index contributed by atoms with van der Waals surface area (Å²) in [6.07, 6.45) is 5.07. The Labute approximate surface area is 144 Å². The molecular weight excluding hydrogens is 326 g/mol. The molecule has 2 aromatic rings. The van der Waals surface area contributed by atoms with E-state index in [1.165, 1.54) is 18.3 Å². The van der Waals surface area contributed by atoms with Crippen LogP contribution in [-0.2, 0) is 11.8 Å². The normalized spacial score (nSPS) is 21.7. The van der Waals surface area contributed by atoms with Crippen LogP contribution >= 0.6 is 11.3 Å². The summed E-state index contributed by atoms with van der Waals surface area (Å²) < 4.78 is 1.77. The summed E-state index contributed by atoms with van der Waals surface area (Å²) in [5.74, 6) is 0.375. The van der Waals surface area contributed by atoms with E-state index in [9.17, 15) is 9.90 Å². The maximum Gasteiger partial charge on any atom is 0.222 e. The summed E-state index contributed by atoms with van der Waals surface area (Å²) >= 11 is 1.50. The smallest absolute Gasteiger partial charge is 0.222 e. The molecule has 1 aliphatic rings. The SMILES string of the molecule is CC(=O)Nc1ccc(-c2nn(C)c(=N[C@@H]3CCC[C@@H](O)C3)s2)cn1. The van der Waals surface area contributed by atoms with Crippen molar-refractivity contribution in [2.75, 3.05) is 5.32 Å². The van der Waals surface area contributed by atoms with E-state index in [-0.39, 0.29) is 18.1 Å². The van der Waals surface area contributed by atoms with E-state index in [2.05, 4.69) is 15.4 Å². The fourth-order valence-electron chi connectivity index (χ4n) is 2.77. The lowest BCUT2D eigenvalue weighted by Crippen LogP contribution is -2.25. The summed E-state index contributed by atoms with van der Waals surface area (Å²) in [6.45, 7) is 1.45. The number of hydrogen-bond acceptors (Lipinski definition) is 6. The molecule has 0 bridgehead atoms. The van der Waals surface area contributed by atoms with Crippen LogP contribution in [0.15, 0.2) is 23.3 Å². The average Bonchev–Trinajstić information content (AvgIpc) is 2.88. The van der Waals surface area contributed by atoms with Gasteiger partial charge in [0.2, 0.25) is 10.7 Å². The zero-order valence-corrected chi connectivity index (χ0v) is 14.6. The van der Waals surface area contributed by atoms with E-state index in [0.29, 0.717) is 5.82 Å². The minimum absolute atomic E-state index is 0.147. The monoisotopic (exact) mass is 347 g/mol. The largest absolute Gasteiger partial charge is 0.393 e. The molecule has 128 valence electrons. The Morgan fingerprint density at radius 2 is 2.29 bits per heavy atom. The number of amides is 1. The van der Waals surface area contributed by atoms with Crippen molar-refractivity contribution in [2.45, 2.75) is 44.8 Å². The molecule has 7 nitrogen and oxygen atoms in total. The highest BCUT2D eigenvalue weighted by atomic mass is 32.1. The molecule has 2 atom stereocenters. The molecular formula is C16H21N5O2S. The highest BCUT2D eigenvalue weighted by Gasteiger charge is 2.19. The Balaban J connectivity index is 1.81. The molecule has 2 N–H and O–H groups in total. The number of carbonyl (C=O) groups is 1. The molecule has 2 heterocycles. The second kappa shape index (κ2) is 7.23. The number of anilines is 1. The van der Waals surface area contributed by atoms with Crippen molar-refractivity contribution in [2.24, 2.45) is 12.0 Å². The average molecular weight is 347 g/mol. The lowest BCUT2D eigenvalue weighted by atomic mass is 9.94. The highest BCUT2D eigenvalue weighted by Crippen LogP contribution is 2.22. The first-order valence-electron chi connectivity index (χ1n) is 8.01. The highest BCUT2D eigenvalue weighted by molar-refractivity contribution is 7.12. The Morgan fingerprint density at radius 1 is 1.46 bits per heavy atom. The summed E-state index contributed by atoms with van der Waals surface area (Å²) in [4.78, 5) is 20.9. The van der Waals surface area contributed by atoms with Crippen LogP contribution in [0.1, 0.15) is 32.6 Å². The number of aliphatic hydroxyl groups excluding tert-OH is 1. The Bertz CT molecular complexity index is 781. The number of aryl methyl sites for hydroxylation is 1. The first kappa shape index (κ1) is 16.8. The fourth-order valence-corrected chi connectivity index (χ4v) is 3.72. The van der Waals surface area contributed by atoms with Crippen molar-refractivity contribution in [3.05, 3.63) is 23.1 Å². The van der Waals surface area contributed by atoms with Crippen LogP contribution in [0.2, 0.25) is 0 Å². The van der Waals surface area contributed by atoms with E-state index >= 15 is 0 Å². The lowest BCUT2D eigenvalue weighted by Gasteiger charge is -2.22. The molecule has 2 aromatic heterocycles. The molecule has 0 aromatic carbocycles. The molecule has 3 rings (SSSR count). The fraction of sp³-hybridized carbons (Fsp3) is 0.500. The van der Waals surface area contributed by atoms with Crippen molar-refractivity contribution < 1.29 is 9.90 Å². The number of rotatable bonds is 3. The number of nitrogens with zero attached hydrogens (tertiary/aromatic N) is 4. The standard InChI is InChI=1S/C16H21N5O2S/c1-10(22)18-14-7-6-11(9-17-14)15-20-21(2)16(24-15)19-12-4-3-5-13(23)8-12/h6-7,9,12-13,23H,3-5,8H2,1-2H3,(H,17,18,22)/t12-,13-/m1/s1. The van der Waals surface area contributed by atoms with Crippen molar-refractivity contribution >= 4 is 23.1 Å². The molecule has 0 radical (unpaired) electrons. The molecule has 8 heteroatoms. The van der Waals surface area contributed by atoms with E-state index < -0.39 is 0 Å². The van der Waals surface area contributed by atoms with E-state index in [4.69, 9.17) is 4.99 Å². The van der Waals surface area contributed by atoms with Crippen molar-refractivity contribution in [3.8, 4) is 10.6 Å². The molecule has 0 spiro atoms. The van der Waals surface area contributed by atoms with Gasteiger partial charge in [-0.1, -0.05) is 11.3 Å². The van der Waals surface area contributed by atoms with Crippen LogP contribution in [0.3, 0.4) is 0 Å². The van der Waals surface area contributed by atoms with Gasteiger partial charge in [-0.25, -0.2) is 9.67 Å². The number of hydrogen-bond donors (Lipinski definition) is 2. The maximum absolute atomic E-state index is 11.0. The van der Waals surface area contributed by atoms with Gasteiger partial charge in [0.05, 0.1) is 12.1 Å². The van der Waals surface area contributed by atoms with E-state index in [1.54, 1.807) is 16.9 Å². The molecule has 0 saturated heterocycles. The Morgan fingerprint density at radius 3 is 2.96 bits per heavy atom. The predicted molar refractivity (Wildman–Crippen MR) is 92.4 cm³/mol. The van der Waals surface area contributed by atoms with Gasteiger partial charge in [0.15, 0.2) is 0 Å². The minimum Gasteiger partial charge on any atom is -0.393 e. The van der Waals surface area contributed by atoms with Gasteiger partial charge >= 0.3 is 0 Å². The second-order valence-electron chi connectivity index (χ2n) is 6.03. The molecule has 0 unspecified atom stereocenters. The summed E-state index contributed by atoms with van der Waals surface area (Å²) in [5, 5.41) is 17.8. The van der Waals surface area contributed by atoms with E-state index in [0.717, 1.165) is 41.1 Å². The van der Waals surface area contributed by atoms with Gasteiger partial charge in [-0.3, -0.25) is 9.79 Å². The first-order valence-corrected chi connectivity index (χ1v) is 8.83. The van der Waals surface area contributed by atoms with Crippen LogP contribution in [0.25, 0.3) is 10.6 Å². The van der Waals surface area contributed by atoms with Crippen molar-refractivity contribution in [1.29, 1.82) is 0 Å². The third-order valence-corrected chi connectivity index (χ3v) is 4.99. The third kappa shape index (κ3) is 4.07. The second-order valence-corrected chi connectivity index (χ2v) is 6.99. The van der Waals surface area contributed by atoms with Crippen LogP contribution in [0.4, 0.5) is 5.82 Å². The third-order valence-electron chi connectivity index (χ3n) is 3.93. The van der Waals surface area contributed by atoms with Crippen LogP contribution in [0, 0.1) is 0 Å². The number of aliphatic hydroxyl groups is 1. The van der Waals surface area contributed by atoms with Gasteiger partial charge in [0.1, 0.15) is 10.8 Å². The minimum atomic E-state index is -0.240. The Hall–Kier alpha value is -2.06. The number of aromatic nitrogens is 3. The van der Waals surface area contributed by atoms with Crippen LogP contribution in [0.5, 0.6) is 0 Å². The van der Waals surface area contributed by atoms with Crippen molar-refractivity contribution in [3.63, 3.8) is 0 Å². The summed E-state index contributed by atoms with van der Waals surface area (Å²) in [5.41, 5.74) is 0.884. The number of pyridine rings is 1. The van der Waals surface area contributed by atoms with E-state index in [1.807, 2.05) is 13.1 Å². The Kier molecular flexibility index (Phi) is 5.06. The zero-order valence-electron chi connectivity index (χ0n) is 13.8. The molecule has 1 fully saturated rings. The van der Waals surface area contributed by atoms with Gasteiger partial charge in [-0.15, -0.1) is 0 Å². The lowest BCUT2D eigenvalue weighted by molar-refractivity contribution is -0.114. The summed E-state index contributed by atoms with van der Waals surface area (Å²) in [6, 6.07) is 3.80. The quantitative estimate of drug-likeness (QED) is 0.884. The molecule has 1 amide bonds. The molecule has 1 saturated carbocycles. The number of nitrogens with one attached hydrogen (secondary N) is 1. The predicted octanol–water partition coefficient (Wildman–Crippen LogP) is 1.71. The van der Waals surface area contributed by atoms with Crippen molar-refractivity contribution in [1.82, 2.24) is 14.8 Å². The zero-order chi connectivity index (χ0) is 17.1. The maximum atomic E-state index is 11.0. The van der Waals surface area contributed by atoms with Crippen LogP contribution < -0.4 is 10.1 Å². The molecule has 1 aliphatic carbocycles.